The van der Waals surface area contributed by atoms with Gasteiger partial charge < -0.3 is 31.5 Å². The van der Waals surface area contributed by atoms with Gasteiger partial charge in [-0.25, -0.2) is 14.3 Å². The number of carbonyl (C=O) groups is 1. The van der Waals surface area contributed by atoms with E-state index in [1.165, 1.54) is 11.9 Å². The first-order chi connectivity index (χ1) is 18.5. The number of nitrogen functional groups attached to an aromatic ring is 1. The molecule has 4 atom stereocenters. The second kappa shape index (κ2) is 11.9. The third kappa shape index (κ3) is 6.69. The summed E-state index contributed by atoms with van der Waals surface area (Å²) in [6, 6.07) is 11.7. The highest BCUT2D eigenvalue weighted by atomic mass is 16.3. The molecule has 1 aliphatic carbocycles. The van der Waals surface area contributed by atoms with E-state index in [2.05, 4.69) is 60.2 Å². The predicted molar refractivity (Wildman–Crippen MR) is 154 cm³/mol. The number of aliphatic hydroxyl groups excluding tert-OH is 2. The van der Waals surface area contributed by atoms with Crippen molar-refractivity contribution in [3.63, 3.8) is 0 Å². The number of hydrogen-bond acceptors (Lipinski definition) is 7. The van der Waals surface area contributed by atoms with E-state index in [1.807, 2.05) is 36.4 Å². The predicted octanol–water partition coefficient (Wildman–Crippen LogP) is 3.36. The van der Waals surface area contributed by atoms with Gasteiger partial charge >= 0.3 is 6.03 Å². The standard InChI is InChI=1S/C29H43N7O3/c1-18(2)35(14-6-13-31-28(39)34-21-9-7-20(8-10-21)29(3,4)5)16-19-15-22(26(38)25(19)37)23-11-12-24-27(30)32-17-33-36(23)24/h7-12,17-19,22,25-26,37-38H,6,13-16H2,1-5H3,(H2,30,32,33)(H2,31,34,39)/t19-,22+,25-,26+/m1/s1. The molecule has 0 spiro atoms. The fourth-order valence-electron chi connectivity index (χ4n) is 5.43. The summed E-state index contributed by atoms with van der Waals surface area (Å²) in [6.45, 7) is 12.7. The number of nitrogens with one attached hydrogen (secondary N) is 2. The minimum absolute atomic E-state index is 0.0663. The number of urea groups is 1. The Kier molecular flexibility index (Phi) is 8.78. The fraction of sp³-hybridized carbons (Fsp3) is 0.552. The summed E-state index contributed by atoms with van der Waals surface area (Å²) in [4.78, 5) is 18.7. The summed E-state index contributed by atoms with van der Waals surface area (Å²) in [7, 11) is 0. The Morgan fingerprint density at radius 2 is 1.87 bits per heavy atom. The van der Waals surface area contributed by atoms with Gasteiger partial charge in [-0.1, -0.05) is 32.9 Å². The zero-order valence-electron chi connectivity index (χ0n) is 23.6. The average molecular weight is 538 g/mol. The monoisotopic (exact) mass is 537 g/mol. The number of nitrogens with two attached hydrogens (primary N) is 1. The second-order valence-corrected chi connectivity index (χ2v) is 11.9. The van der Waals surface area contributed by atoms with E-state index < -0.39 is 12.2 Å². The van der Waals surface area contributed by atoms with Crippen molar-refractivity contribution in [3.05, 3.63) is 54.0 Å². The van der Waals surface area contributed by atoms with Gasteiger partial charge in [0.15, 0.2) is 5.82 Å². The van der Waals surface area contributed by atoms with Gasteiger partial charge in [-0.15, -0.1) is 0 Å². The van der Waals surface area contributed by atoms with Crippen LogP contribution in [-0.4, -0.2) is 73.6 Å². The molecule has 6 N–H and O–H groups in total. The molecular weight excluding hydrogens is 494 g/mol. The number of aliphatic hydroxyl groups is 2. The van der Waals surface area contributed by atoms with Crippen molar-refractivity contribution < 1.29 is 15.0 Å². The molecule has 2 aromatic heterocycles. The summed E-state index contributed by atoms with van der Waals surface area (Å²) in [5.74, 6) is 0.0376. The largest absolute Gasteiger partial charge is 0.390 e. The third-order valence-corrected chi connectivity index (χ3v) is 7.81. The Hall–Kier alpha value is -3.21. The summed E-state index contributed by atoms with van der Waals surface area (Å²) >= 11 is 0. The molecule has 1 saturated carbocycles. The van der Waals surface area contributed by atoms with Crippen molar-refractivity contribution >= 4 is 23.1 Å². The van der Waals surface area contributed by atoms with Crippen molar-refractivity contribution in [1.82, 2.24) is 24.8 Å². The molecule has 39 heavy (non-hydrogen) atoms. The number of carbonyl (C=O) groups excluding carboxylic acids is 1. The lowest BCUT2D eigenvalue weighted by atomic mass is 9.87. The van der Waals surface area contributed by atoms with Crippen LogP contribution in [0.4, 0.5) is 16.3 Å². The van der Waals surface area contributed by atoms with E-state index in [0.717, 1.165) is 24.3 Å². The number of hydrogen-bond donors (Lipinski definition) is 5. The Balaban J connectivity index is 1.27. The van der Waals surface area contributed by atoms with Crippen LogP contribution in [0.25, 0.3) is 5.52 Å². The Morgan fingerprint density at radius 1 is 1.15 bits per heavy atom. The summed E-state index contributed by atoms with van der Waals surface area (Å²) < 4.78 is 1.71. The van der Waals surface area contributed by atoms with Gasteiger partial charge in [0, 0.05) is 48.9 Å². The number of benzene rings is 1. The summed E-state index contributed by atoms with van der Waals surface area (Å²) in [6.07, 6.45) is 1.08. The van der Waals surface area contributed by atoms with E-state index in [4.69, 9.17) is 5.73 Å². The highest BCUT2D eigenvalue weighted by Crippen LogP contribution is 2.40. The average Bonchev–Trinajstić information content (AvgIpc) is 3.42. The molecule has 4 rings (SSSR count). The first-order valence-corrected chi connectivity index (χ1v) is 13.8. The van der Waals surface area contributed by atoms with E-state index in [-0.39, 0.29) is 29.3 Å². The van der Waals surface area contributed by atoms with E-state index in [0.29, 0.717) is 30.8 Å². The third-order valence-electron chi connectivity index (χ3n) is 7.81. The molecule has 212 valence electrons. The van der Waals surface area contributed by atoms with Crippen molar-refractivity contribution in [1.29, 1.82) is 0 Å². The van der Waals surface area contributed by atoms with E-state index in [1.54, 1.807) is 4.52 Å². The van der Waals surface area contributed by atoms with Crippen molar-refractivity contribution in [2.75, 3.05) is 30.7 Å². The molecule has 0 bridgehead atoms. The van der Waals surface area contributed by atoms with Gasteiger partial charge in [-0.05, 0) is 61.9 Å². The maximum Gasteiger partial charge on any atom is 0.319 e. The van der Waals surface area contributed by atoms with Crippen molar-refractivity contribution in [2.45, 2.75) is 77.0 Å². The van der Waals surface area contributed by atoms with Crippen LogP contribution in [0.2, 0.25) is 0 Å². The fourth-order valence-corrected chi connectivity index (χ4v) is 5.43. The molecule has 0 aliphatic heterocycles. The van der Waals surface area contributed by atoms with Gasteiger partial charge in [0.1, 0.15) is 11.8 Å². The van der Waals surface area contributed by atoms with Gasteiger partial charge in [0.25, 0.3) is 0 Å². The molecule has 10 nitrogen and oxygen atoms in total. The summed E-state index contributed by atoms with van der Waals surface area (Å²) in [5.41, 5.74) is 9.54. The smallest absolute Gasteiger partial charge is 0.319 e. The lowest BCUT2D eigenvalue weighted by molar-refractivity contribution is 0.00409. The molecule has 0 unspecified atom stereocenters. The number of nitrogens with zero attached hydrogens (tertiary/aromatic N) is 4. The molecular formula is C29H43N7O3. The number of aromatic nitrogens is 3. The lowest BCUT2D eigenvalue weighted by Gasteiger charge is -2.30. The molecule has 10 heteroatoms. The minimum Gasteiger partial charge on any atom is -0.390 e. The highest BCUT2D eigenvalue weighted by molar-refractivity contribution is 5.89. The molecule has 2 heterocycles. The van der Waals surface area contributed by atoms with Crippen LogP contribution in [-0.2, 0) is 5.41 Å². The van der Waals surface area contributed by atoms with Crippen LogP contribution in [0.1, 0.15) is 64.6 Å². The van der Waals surface area contributed by atoms with E-state index >= 15 is 0 Å². The van der Waals surface area contributed by atoms with Crippen LogP contribution in [0, 0.1) is 5.92 Å². The number of rotatable bonds is 9. The van der Waals surface area contributed by atoms with Gasteiger partial charge in [0.05, 0.1) is 12.2 Å². The zero-order chi connectivity index (χ0) is 28.3. The Labute approximate surface area is 230 Å². The number of amides is 2. The quantitative estimate of drug-likeness (QED) is 0.264. The molecule has 3 aromatic rings. The minimum atomic E-state index is -0.888. The summed E-state index contributed by atoms with van der Waals surface area (Å²) in [5, 5.41) is 32.0. The molecule has 0 radical (unpaired) electrons. The van der Waals surface area contributed by atoms with Crippen LogP contribution in [0.5, 0.6) is 0 Å². The molecule has 2 amide bonds. The van der Waals surface area contributed by atoms with E-state index in [9.17, 15) is 15.0 Å². The van der Waals surface area contributed by atoms with Crippen LogP contribution in [0.3, 0.4) is 0 Å². The maximum atomic E-state index is 12.4. The first-order valence-electron chi connectivity index (χ1n) is 13.8. The van der Waals surface area contributed by atoms with Gasteiger partial charge in [0.2, 0.25) is 0 Å². The van der Waals surface area contributed by atoms with Gasteiger partial charge in [-0.3, -0.25) is 0 Å². The lowest BCUT2D eigenvalue weighted by Crippen LogP contribution is -2.41. The molecule has 0 saturated heterocycles. The SMILES string of the molecule is CC(C)N(CCCNC(=O)Nc1ccc(C(C)(C)C)cc1)C[C@H]1C[C@@H](c2ccc3c(N)ncnn23)[C@H](O)[C@@H]1O. The Morgan fingerprint density at radius 3 is 2.54 bits per heavy atom. The van der Waals surface area contributed by atoms with Crippen LogP contribution in [0.15, 0.2) is 42.7 Å². The van der Waals surface area contributed by atoms with Gasteiger partial charge in [-0.2, -0.15) is 5.10 Å². The van der Waals surface area contributed by atoms with Crippen molar-refractivity contribution in [2.24, 2.45) is 5.92 Å². The van der Waals surface area contributed by atoms with Crippen LogP contribution < -0.4 is 16.4 Å². The topological polar surface area (TPSA) is 141 Å². The normalized spacial score (nSPS) is 21.7. The van der Waals surface area contributed by atoms with Crippen molar-refractivity contribution in [3.8, 4) is 0 Å². The Bertz CT molecular complexity index is 1250. The molecule has 1 aliphatic rings. The maximum absolute atomic E-state index is 12.4. The first kappa shape index (κ1) is 28.8. The molecule has 1 aromatic carbocycles. The van der Waals surface area contributed by atoms with Crippen LogP contribution >= 0.6 is 0 Å². The number of fused-ring (bicyclic) bond motifs is 1. The zero-order valence-corrected chi connectivity index (χ0v) is 23.6. The highest BCUT2D eigenvalue weighted by Gasteiger charge is 2.44. The number of anilines is 2. The second-order valence-electron chi connectivity index (χ2n) is 11.9. The molecule has 1 fully saturated rings.